The Bertz CT molecular complexity index is 506. The molecule has 3 aliphatic rings. The Labute approximate surface area is 149 Å². The Kier molecular flexibility index (Phi) is 5.53. The van der Waals surface area contributed by atoms with Gasteiger partial charge in [-0.25, -0.2) is 4.79 Å². The van der Waals surface area contributed by atoms with Crippen molar-refractivity contribution in [2.45, 2.75) is 51.7 Å². The topological polar surface area (TPSA) is 88.1 Å². The number of amides is 2. The SMILES string of the molecule is CCOC1CC(NC(=O)N2CC(C)CC(C(=O)O)C2)C12CCOCC2. The van der Waals surface area contributed by atoms with E-state index in [1.165, 1.54) is 0 Å². The molecule has 0 aromatic rings. The molecule has 0 aromatic heterocycles. The second-order valence-electron chi connectivity index (χ2n) is 7.81. The molecule has 1 aliphatic carbocycles. The van der Waals surface area contributed by atoms with Gasteiger partial charge in [-0.15, -0.1) is 0 Å². The number of ether oxygens (including phenoxy) is 2. The van der Waals surface area contributed by atoms with Crippen molar-refractivity contribution in [3.05, 3.63) is 0 Å². The first-order chi connectivity index (χ1) is 12.0. The number of hydrogen-bond donors (Lipinski definition) is 2. The molecule has 4 atom stereocenters. The molecule has 3 rings (SSSR count). The molecule has 7 nitrogen and oxygen atoms in total. The zero-order valence-electron chi connectivity index (χ0n) is 15.2. The fourth-order valence-corrected chi connectivity index (χ4v) is 4.74. The van der Waals surface area contributed by atoms with Crippen LogP contribution in [0.25, 0.3) is 0 Å². The van der Waals surface area contributed by atoms with Gasteiger partial charge in [-0.1, -0.05) is 6.92 Å². The zero-order chi connectivity index (χ0) is 18.0. The minimum Gasteiger partial charge on any atom is -0.481 e. The summed E-state index contributed by atoms with van der Waals surface area (Å²) in [6.45, 7) is 7.01. The number of hydrogen-bond acceptors (Lipinski definition) is 4. The van der Waals surface area contributed by atoms with E-state index >= 15 is 0 Å². The molecule has 25 heavy (non-hydrogen) atoms. The molecule has 3 fully saturated rings. The van der Waals surface area contributed by atoms with Gasteiger partial charge in [-0.3, -0.25) is 4.79 Å². The number of nitrogens with zero attached hydrogens (tertiary/aromatic N) is 1. The number of urea groups is 1. The van der Waals surface area contributed by atoms with Gasteiger partial charge < -0.3 is 24.8 Å². The summed E-state index contributed by atoms with van der Waals surface area (Å²) in [7, 11) is 0. The first kappa shape index (κ1) is 18.5. The second-order valence-corrected chi connectivity index (χ2v) is 7.81. The fraction of sp³-hybridized carbons (Fsp3) is 0.889. The third-order valence-corrected chi connectivity index (χ3v) is 6.17. The number of piperidine rings is 1. The van der Waals surface area contributed by atoms with Crippen LogP contribution in [0.2, 0.25) is 0 Å². The van der Waals surface area contributed by atoms with Crippen molar-refractivity contribution < 1.29 is 24.2 Å². The molecular weight excluding hydrogens is 324 g/mol. The van der Waals surface area contributed by atoms with Gasteiger partial charge >= 0.3 is 12.0 Å². The first-order valence-electron chi connectivity index (χ1n) is 9.44. The monoisotopic (exact) mass is 354 g/mol. The third-order valence-electron chi connectivity index (χ3n) is 6.17. The van der Waals surface area contributed by atoms with Gasteiger partial charge in [0.15, 0.2) is 0 Å². The maximum Gasteiger partial charge on any atom is 0.317 e. The zero-order valence-corrected chi connectivity index (χ0v) is 15.2. The molecule has 0 aromatic carbocycles. The number of nitrogens with one attached hydrogen (secondary N) is 1. The first-order valence-corrected chi connectivity index (χ1v) is 9.44. The van der Waals surface area contributed by atoms with Crippen molar-refractivity contribution in [1.82, 2.24) is 10.2 Å². The number of aliphatic carboxylic acids is 1. The number of carboxylic acids is 1. The molecular formula is C18H30N2O5. The summed E-state index contributed by atoms with van der Waals surface area (Å²) < 4.78 is 11.4. The highest BCUT2D eigenvalue weighted by atomic mass is 16.5. The van der Waals surface area contributed by atoms with E-state index in [0.717, 1.165) is 19.3 Å². The minimum atomic E-state index is -0.815. The molecule has 2 aliphatic heterocycles. The van der Waals surface area contributed by atoms with Crippen molar-refractivity contribution in [2.24, 2.45) is 17.3 Å². The van der Waals surface area contributed by atoms with E-state index in [2.05, 4.69) is 5.32 Å². The highest BCUT2D eigenvalue weighted by molar-refractivity contribution is 5.77. The van der Waals surface area contributed by atoms with Crippen molar-refractivity contribution in [3.8, 4) is 0 Å². The summed E-state index contributed by atoms with van der Waals surface area (Å²) in [5, 5.41) is 12.5. The lowest BCUT2D eigenvalue weighted by Crippen LogP contribution is -2.68. The van der Waals surface area contributed by atoms with Gasteiger partial charge in [-0.2, -0.15) is 0 Å². The quantitative estimate of drug-likeness (QED) is 0.802. The van der Waals surface area contributed by atoms with Gasteiger partial charge in [0, 0.05) is 44.4 Å². The van der Waals surface area contributed by atoms with E-state index in [4.69, 9.17) is 9.47 Å². The molecule has 7 heteroatoms. The highest BCUT2D eigenvalue weighted by Crippen LogP contribution is 2.50. The van der Waals surface area contributed by atoms with Crippen molar-refractivity contribution in [3.63, 3.8) is 0 Å². The van der Waals surface area contributed by atoms with Crippen LogP contribution in [0.15, 0.2) is 0 Å². The summed E-state index contributed by atoms with van der Waals surface area (Å²) in [6, 6.07) is -0.0513. The fourth-order valence-electron chi connectivity index (χ4n) is 4.74. The number of rotatable bonds is 4. The van der Waals surface area contributed by atoms with E-state index in [-0.39, 0.29) is 29.5 Å². The van der Waals surface area contributed by atoms with Crippen LogP contribution in [0.5, 0.6) is 0 Å². The smallest absolute Gasteiger partial charge is 0.317 e. The van der Waals surface area contributed by atoms with Gasteiger partial charge in [0.05, 0.1) is 12.0 Å². The number of likely N-dealkylation sites (tertiary alicyclic amines) is 1. The van der Waals surface area contributed by atoms with Gasteiger partial charge in [0.1, 0.15) is 0 Å². The van der Waals surface area contributed by atoms with Crippen LogP contribution in [0, 0.1) is 17.3 Å². The van der Waals surface area contributed by atoms with Gasteiger partial charge in [-0.05, 0) is 38.5 Å². The van der Waals surface area contributed by atoms with Crippen LogP contribution in [0.1, 0.15) is 39.5 Å². The molecule has 1 spiro atoms. The summed E-state index contributed by atoms with van der Waals surface area (Å²) in [5.41, 5.74) is -0.0302. The van der Waals surface area contributed by atoms with E-state index in [9.17, 15) is 14.7 Å². The van der Waals surface area contributed by atoms with Crippen molar-refractivity contribution in [1.29, 1.82) is 0 Å². The van der Waals surface area contributed by atoms with Crippen LogP contribution in [-0.4, -0.2) is 67.1 Å². The molecule has 142 valence electrons. The molecule has 2 N–H and O–H groups in total. The average molecular weight is 354 g/mol. The Morgan fingerprint density at radius 1 is 1.28 bits per heavy atom. The second kappa shape index (κ2) is 7.50. The Morgan fingerprint density at radius 3 is 2.64 bits per heavy atom. The van der Waals surface area contributed by atoms with E-state index in [1.807, 2.05) is 13.8 Å². The largest absolute Gasteiger partial charge is 0.481 e. The molecule has 2 heterocycles. The van der Waals surface area contributed by atoms with E-state index in [1.54, 1.807) is 4.90 Å². The highest BCUT2D eigenvalue weighted by Gasteiger charge is 2.56. The van der Waals surface area contributed by atoms with Crippen LogP contribution in [-0.2, 0) is 14.3 Å². The summed E-state index contributed by atoms with van der Waals surface area (Å²) in [6.07, 6.45) is 3.44. The number of carbonyl (C=O) groups excluding carboxylic acids is 1. The molecule has 2 saturated heterocycles. The molecule has 1 saturated carbocycles. The number of carboxylic acid groups (broad SMARTS) is 1. The van der Waals surface area contributed by atoms with Crippen molar-refractivity contribution in [2.75, 3.05) is 32.9 Å². The molecule has 0 radical (unpaired) electrons. The molecule has 2 amide bonds. The van der Waals surface area contributed by atoms with Crippen LogP contribution in [0.4, 0.5) is 4.79 Å². The van der Waals surface area contributed by atoms with Gasteiger partial charge in [0.2, 0.25) is 0 Å². The lowest BCUT2D eigenvalue weighted by molar-refractivity contribution is -0.170. The Morgan fingerprint density at radius 2 is 2.00 bits per heavy atom. The molecule has 4 unspecified atom stereocenters. The van der Waals surface area contributed by atoms with Crippen molar-refractivity contribution >= 4 is 12.0 Å². The number of carbonyl (C=O) groups is 2. The lowest BCUT2D eigenvalue weighted by atomic mass is 9.57. The van der Waals surface area contributed by atoms with Crippen LogP contribution >= 0.6 is 0 Å². The average Bonchev–Trinajstić information content (AvgIpc) is 2.60. The normalized spacial score (nSPS) is 34.4. The lowest BCUT2D eigenvalue weighted by Gasteiger charge is -2.57. The summed E-state index contributed by atoms with van der Waals surface area (Å²) in [5.74, 6) is -1.08. The maximum atomic E-state index is 12.8. The third kappa shape index (κ3) is 3.62. The maximum absolute atomic E-state index is 12.8. The van der Waals surface area contributed by atoms with Crippen LogP contribution < -0.4 is 5.32 Å². The minimum absolute atomic E-state index is 0.0302. The molecule has 0 bridgehead atoms. The van der Waals surface area contributed by atoms with Crippen LogP contribution in [0.3, 0.4) is 0 Å². The van der Waals surface area contributed by atoms with Gasteiger partial charge in [0.25, 0.3) is 0 Å². The Balaban J connectivity index is 1.63. The predicted octanol–water partition coefficient (Wildman–Crippen LogP) is 1.71. The summed E-state index contributed by atoms with van der Waals surface area (Å²) in [4.78, 5) is 25.8. The van der Waals surface area contributed by atoms with E-state index in [0.29, 0.717) is 39.3 Å². The Hall–Kier alpha value is -1.34. The standard InChI is InChI=1S/C18H30N2O5/c1-3-25-15-9-14(18(15)4-6-24-7-5-18)19-17(23)20-10-12(2)8-13(11-20)16(21)22/h12-15H,3-11H2,1-2H3,(H,19,23)(H,21,22). The predicted molar refractivity (Wildman–Crippen MR) is 91.3 cm³/mol. The summed E-state index contributed by atoms with van der Waals surface area (Å²) >= 11 is 0. The van der Waals surface area contributed by atoms with E-state index < -0.39 is 11.9 Å².